The molecule has 0 atom stereocenters. The Hall–Kier alpha value is -2.08. The second-order valence-corrected chi connectivity index (χ2v) is 7.64. The third-order valence-corrected chi connectivity index (χ3v) is 3.53. The zero-order valence-corrected chi connectivity index (χ0v) is 16.1. The lowest BCUT2D eigenvalue weighted by atomic mass is 10.0. The number of hydrogen-bond acceptors (Lipinski definition) is 5. The van der Waals surface area contributed by atoms with E-state index < -0.39 is 17.2 Å². The minimum atomic E-state index is -1.08. The first-order chi connectivity index (χ1) is 11.4. The standard InChI is InChI=1S/C19H30N2O4/c1-13-12-14(8-7-9-16(22)21-20)10-11-15(13)24-19(5,6)17(23)25-18(2,3)4/h10-12H,7-9,20H2,1-6H3,(H,21,22). The van der Waals surface area contributed by atoms with Gasteiger partial charge in [-0.25, -0.2) is 10.6 Å². The molecule has 140 valence electrons. The van der Waals surface area contributed by atoms with Crippen LogP contribution in [0.15, 0.2) is 18.2 Å². The van der Waals surface area contributed by atoms with Gasteiger partial charge in [0.1, 0.15) is 11.4 Å². The third-order valence-electron chi connectivity index (χ3n) is 3.53. The van der Waals surface area contributed by atoms with E-state index in [1.54, 1.807) is 13.8 Å². The summed E-state index contributed by atoms with van der Waals surface area (Å²) in [5, 5.41) is 0. The molecule has 0 aliphatic heterocycles. The van der Waals surface area contributed by atoms with Crippen LogP contribution >= 0.6 is 0 Å². The highest BCUT2D eigenvalue weighted by Gasteiger charge is 2.35. The normalized spacial score (nSPS) is 11.8. The molecule has 0 heterocycles. The highest BCUT2D eigenvalue weighted by atomic mass is 16.6. The van der Waals surface area contributed by atoms with Crippen LogP contribution in [-0.2, 0) is 20.7 Å². The number of hydrazine groups is 1. The second-order valence-electron chi connectivity index (χ2n) is 7.64. The van der Waals surface area contributed by atoms with Crippen molar-refractivity contribution in [2.45, 2.75) is 72.0 Å². The molecule has 0 aromatic heterocycles. The molecule has 0 aliphatic carbocycles. The van der Waals surface area contributed by atoms with Crippen LogP contribution in [0.5, 0.6) is 5.75 Å². The van der Waals surface area contributed by atoms with Crippen LogP contribution in [0.25, 0.3) is 0 Å². The number of carbonyl (C=O) groups is 2. The zero-order chi connectivity index (χ0) is 19.3. The molecule has 6 nitrogen and oxygen atoms in total. The van der Waals surface area contributed by atoms with E-state index in [4.69, 9.17) is 15.3 Å². The molecule has 6 heteroatoms. The number of amides is 1. The number of esters is 1. The van der Waals surface area contributed by atoms with E-state index in [1.165, 1.54) is 0 Å². The highest BCUT2D eigenvalue weighted by molar-refractivity contribution is 5.79. The van der Waals surface area contributed by atoms with Gasteiger partial charge in [0.05, 0.1) is 0 Å². The van der Waals surface area contributed by atoms with Gasteiger partial charge in [0, 0.05) is 6.42 Å². The molecule has 1 aromatic rings. The molecule has 0 saturated carbocycles. The Morgan fingerprint density at radius 1 is 1.16 bits per heavy atom. The van der Waals surface area contributed by atoms with E-state index >= 15 is 0 Å². The predicted molar refractivity (Wildman–Crippen MR) is 97.0 cm³/mol. The topological polar surface area (TPSA) is 90.7 Å². The summed E-state index contributed by atoms with van der Waals surface area (Å²) in [6, 6.07) is 5.79. The van der Waals surface area contributed by atoms with Crippen LogP contribution in [0.3, 0.4) is 0 Å². The lowest BCUT2D eigenvalue weighted by Gasteiger charge is -2.29. The molecule has 0 aliphatic rings. The molecule has 0 radical (unpaired) electrons. The van der Waals surface area contributed by atoms with E-state index in [1.807, 2.05) is 45.9 Å². The molecule has 1 amide bonds. The lowest BCUT2D eigenvalue weighted by Crippen LogP contribution is -2.43. The van der Waals surface area contributed by atoms with Crippen LogP contribution in [0.4, 0.5) is 0 Å². The quantitative estimate of drug-likeness (QED) is 0.341. The van der Waals surface area contributed by atoms with Gasteiger partial charge in [-0.2, -0.15) is 0 Å². The molecular formula is C19H30N2O4. The molecule has 0 saturated heterocycles. The first kappa shape index (κ1) is 21.0. The van der Waals surface area contributed by atoms with Crippen molar-refractivity contribution in [3.63, 3.8) is 0 Å². The van der Waals surface area contributed by atoms with Crippen LogP contribution in [-0.4, -0.2) is 23.1 Å². The molecule has 3 N–H and O–H groups in total. The third kappa shape index (κ3) is 7.13. The summed E-state index contributed by atoms with van der Waals surface area (Å²) in [6.07, 6.45) is 1.87. The minimum absolute atomic E-state index is 0.171. The summed E-state index contributed by atoms with van der Waals surface area (Å²) in [4.78, 5) is 23.4. The number of aryl methyl sites for hydroxylation is 2. The van der Waals surface area contributed by atoms with Crippen molar-refractivity contribution in [2.75, 3.05) is 0 Å². The van der Waals surface area contributed by atoms with E-state index in [0.717, 1.165) is 17.5 Å². The van der Waals surface area contributed by atoms with Gasteiger partial charge in [0.25, 0.3) is 0 Å². The summed E-state index contributed by atoms with van der Waals surface area (Å²) in [7, 11) is 0. The smallest absolute Gasteiger partial charge is 0.350 e. The maximum Gasteiger partial charge on any atom is 0.350 e. The van der Waals surface area contributed by atoms with Crippen molar-refractivity contribution in [3.05, 3.63) is 29.3 Å². The summed E-state index contributed by atoms with van der Waals surface area (Å²) >= 11 is 0. The van der Waals surface area contributed by atoms with Crippen molar-refractivity contribution in [1.82, 2.24) is 5.43 Å². The zero-order valence-electron chi connectivity index (χ0n) is 16.1. The predicted octanol–water partition coefficient (Wildman–Crippen LogP) is 2.81. The Kier molecular flexibility index (Phi) is 6.99. The molecule has 0 fully saturated rings. The van der Waals surface area contributed by atoms with Crippen LogP contribution in [0.2, 0.25) is 0 Å². The average Bonchev–Trinajstić information content (AvgIpc) is 2.48. The maximum absolute atomic E-state index is 12.3. The van der Waals surface area contributed by atoms with Gasteiger partial charge < -0.3 is 9.47 Å². The first-order valence-electron chi connectivity index (χ1n) is 8.46. The monoisotopic (exact) mass is 350 g/mol. The number of benzene rings is 1. The number of hydrogen-bond donors (Lipinski definition) is 2. The van der Waals surface area contributed by atoms with Crippen LogP contribution < -0.4 is 16.0 Å². The minimum Gasteiger partial charge on any atom is -0.476 e. The number of rotatable bonds is 7. The SMILES string of the molecule is Cc1cc(CCCC(=O)NN)ccc1OC(C)(C)C(=O)OC(C)(C)C. The summed E-state index contributed by atoms with van der Waals surface area (Å²) in [6.45, 7) is 10.8. The number of nitrogens with one attached hydrogen (secondary N) is 1. The van der Waals surface area contributed by atoms with Gasteiger partial charge in [-0.1, -0.05) is 12.1 Å². The summed E-state index contributed by atoms with van der Waals surface area (Å²) in [5.74, 6) is 5.12. The largest absolute Gasteiger partial charge is 0.476 e. The Balaban J connectivity index is 2.73. The van der Waals surface area contributed by atoms with Crippen molar-refractivity contribution in [2.24, 2.45) is 5.84 Å². The molecule has 0 bridgehead atoms. The molecule has 0 unspecified atom stereocenters. The Morgan fingerprint density at radius 3 is 2.32 bits per heavy atom. The molecule has 1 rings (SSSR count). The second kappa shape index (κ2) is 8.34. The Bertz CT molecular complexity index is 618. The summed E-state index contributed by atoms with van der Waals surface area (Å²) in [5.41, 5.74) is 2.50. The number of ether oxygens (including phenoxy) is 2. The highest BCUT2D eigenvalue weighted by Crippen LogP contribution is 2.26. The number of nitrogens with two attached hydrogens (primary N) is 1. The van der Waals surface area contributed by atoms with Crippen molar-refractivity contribution in [1.29, 1.82) is 0 Å². The van der Waals surface area contributed by atoms with E-state index in [-0.39, 0.29) is 5.91 Å². The fraction of sp³-hybridized carbons (Fsp3) is 0.579. The first-order valence-corrected chi connectivity index (χ1v) is 8.46. The van der Waals surface area contributed by atoms with Gasteiger partial charge in [0.15, 0.2) is 5.60 Å². The number of carbonyl (C=O) groups excluding carboxylic acids is 2. The lowest BCUT2D eigenvalue weighted by molar-refractivity contribution is -0.171. The maximum atomic E-state index is 12.3. The van der Waals surface area contributed by atoms with Crippen LogP contribution in [0.1, 0.15) is 58.6 Å². The van der Waals surface area contributed by atoms with E-state index in [9.17, 15) is 9.59 Å². The van der Waals surface area contributed by atoms with E-state index in [2.05, 4.69) is 5.43 Å². The van der Waals surface area contributed by atoms with E-state index in [0.29, 0.717) is 18.6 Å². The fourth-order valence-corrected chi connectivity index (χ4v) is 2.22. The van der Waals surface area contributed by atoms with Crippen molar-refractivity contribution >= 4 is 11.9 Å². The van der Waals surface area contributed by atoms with Gasteiger partial charge >= 0.3 is 5.97 Å². The van der Waals surface area contributed by atoms with Gasteiger partial charge in [0.2, 0.25) is 5.91 Å². The van der Waals surface area contributed by atoms with Gasteiger partial charge in [-0.15, -0.1) is 0 Å². The fourth-order valence-electron chi connectivity index (χ4n) is 2.22. The molecule has 0 spiro atoms. The Morgan fingerprint density at radius 2 is 1.80 bits per heavy atom. The van der Waals surface area contributed by atoms with Crippen LogP contribution in [0, 0.1) is 6.92 Å². The van der Waals surface area contributed by atoms with Crippen molar-refractivity contribution in [3.8, 4) is 5.75 Å². The molecule has 25 heavy (non-hydrogen) atoms. The summed E-state index contributed by atoms with van der Waals surface area (Å²) < 4.78 is 11.3. The molecular weight excluding hydrogens is 320 g/mol. The van der Waals surface area contributed by atoms with Gasteiger partial charge in [-0.05, 0) is 71.6 Å². The Labute approximate surface area is 150 Å². The van der Waals surface area contributed by atoms with Gasteiger partial charge in [-0.3, -0.25) is 10.2 Å². The average molecular weight is 350 g/mol. The molecule has 1 aromatic carbocycles. The van der Waals surface area contributed by atoms with Crippen molar-refractivity contribution < 1.29 is 19.1 Å².